The van der Waals surface area contributed by atoms with E-state index in [4.69, 9.17) is 0 Å². The Hall–Kier alpha value is -2.33. The minimum Gasteiger partial charge on any atom is -0.193 e. The van der Waals surface area contributed by atoms with Crippen molar-refractivity contribution in [2.75, 3.05) is 0 Å². The molecule has 0 heterocycles. The van der Waals surface area contributed by atoms with Crippen molar-refractivity contribution < 1.29 is 0 Å². The zero-order chi connectivity index (χ0) is 18.3. The van der Waals surface area contributed by atoms with Gasteiger partial charge in [-0.15, -0.1) is 0 Å². The summed E-state index contributed by atoms with van der Waals surface area (Å²) < 4.78 is 0. The van der Waals surface area contributed by atoms with E-state index in [1.165, 1.54) is 22.3 Å². The Bertz CT molecular complexity index is 964. The van der Waals surface area contributed by atoms with E-state index in [0.717, 1.165) is 0 Å². The standard InChI is InChI=1S/C25H25N/c1-23(2)12-9-17-15-20-18-8-6-5-7-16(11-14-26)21(18)25(24(20,3)4)13-10-19(23)22(17)25/h5-13,15,18,20-21H,1-4H3/b16-11+. The largest absolute Gasteiger partial charge is 0.193 e. The molecule has 0 aromatic carbocycles. The normalized spacial score (nSPS) is 41.0. The first-order valence-corrected chi connectivity index (χ1v) is 9.65. The van der Waals surface area contributed by atoms with Gasteiger partial charge in [-0.05, 0) is 39.5 Å². The molecule has 0 aromatic heterocycles. The van der Waals surface area contributed by atoms with Crippen molar-refractivity contribution in [1.29, 1.82) is 5.26 Å². The van der Waals surface area contributed by atoms with E-state index in [-0.39, 0.29) is 16.2 Å². The van der Waals surface area contributed by atoms with Crippen molar-refractivity contribution in [3.8, 4) is 6.07 Å². The van der Waals surface area contributed by atoms with Crippen LogP contribution in [0, 0.1) is 45.3 Å². The summed E-state index contributed by atoms with van der Waals surface area (Å²) in [5.74, 6) is 1.21. The lowest BCUT2D eigenvalue weighted by atomic mass is 9.53. The summed E-state index contributed by atoms with van der Waals surface area (Å²) in [7, 11) is 0. The Morgan fingerprint density at radius 2 is 1.85 bits per heavy atom. The summed E-state index contributed by atoms with van der Waals surface area (Å²) >= 11 is 0. The van der Waals surface area contributed by atoms with Gasteiger partial charge in [0.05, 0.1) is 6.07 Å². The molecule has 5 aliphatic rings. The van der Waals surface area contributed by atoms with Gasteiger partial charge in [0.2, 0.25) is 0 Å². The second-order valence-electron chi connectivity index (χ2n) is 9.49. The monoisotopic (exact) mass is 339 g/mol. The lowest BCUT2D eigenvalue weighted by Crippen LogP contribution is -2.43. The van der Waals surface area contributed by atoms with Crippen molar-refractivity contribution in [3.05, 3.63) is 83.1 Å². The summed E-state index contributed by atoms with van der Waals surface area (Å²) in [6.07, 6.45) is 22.7. The zero-order valence-electron chi connectivity index (χ0n) is 16.0. The van der Waals surface area contributed by atoms with Crippen molar-refractivity contribution in [1.82, 2.24) is 0 Å². The molecule has 1 heteroatoms. The Morgan fingerprint density at radius 3 is 2.62 bits per heavy atom. The second kappa shape index (κ2) is 4.68. The first kappa shape index (κ1) is 15.9. The van der Waals surface area contributed by atoms with Crippen LogP contribution in [0.15, 0.2) is 83.1 Å². The van der Waals surface area contributed by atoms with Crippen LogP contribution < -0.4 is 0 Å². The van der Waals surface area contributed by atoms with Crippen LogP contribution in [-0.4, -0.2) is 0 Å². The predicted molar refractivity (Wildman–Crippen MR) is 106 cm³/mol. The maximum Gasteiger partial charge on any atom is 0.0915 e. The van der Waals surface area contributed by atoms with E-state index in [2.05, 4.69) is 88.4 Å². The number of hydrogen-bond donors (Lipinski definition) is 0. The molecule has 0 saturated heterocycles. The van der Waals surface area contributed by atoms with Gasteiger partial charge in [0.25, 0.3) is 0 Å². The molecule has 0 N–H and O–H groups in total. The molecule has 130 valence electrons. The Morgan fingerprint density at radius 1 is 1.04 bits per heavy atom. The molecule has 5 aliphatic carbocycles. The van der Waals surface area contributed by atoms with Gasteiger partial charge in [-0.1, -0.05) is 82.4 Å². The molecular formula is C25H25N. The van der Waals surface area contributed by atoms with Gasteiger partial charge in [-0.25, -0.2) is 0 Å². The van der Waals surface area contributed by atoms with E-state index < -0.39 is 0 Å². The van der Waals surface area contributed by atoms with E-state index in [9.17, 15) is 5.26 Å². The Balaban J connectivity index is 1.87. The smallest absolute Gasteiger partial charge is 0.0915 e. The highest BCUT2D eigenvalue weighted by Gasteiger charge is 2.68. The highest BCUT2D eigenvalue weighted by molar-refractivity contribution is 5.68. The maximum atomic E-state index is 9.45. The highest BCUT2D eigenvalue weighted by atomic mass is 14.7. The van der Waals surface area contributed by atoms with Crippen molar-refractivity contribution >= 4 is 0 Å². The molecule has 4 unspecified atom stereocenters. The average molecular weight is 339 g/mol. The summed E-state index contributed by atoms with van der Waals surface area (Å²) in [5, 5.41) is 9.45. The van der Waals surface area contributed by atoms with E-state index in [1.807, 2.05) is 0 Å². The predicted octanol–water partition coefficient (Wildman–Crippen LogP) is 5.84. The minimum absolute atomic E-state index is 0.0362. The summed E-state index contributed by atoms with van der Waals surface area (Å²) in [4.78, 5) is 0. The molecule has 1 spiro atoms. The van der Waals surface area contributed by atoms with Crippen LogP contribution in [0.5, 0.6) is 0 Å². The van der Waals surface area contributed by atoms with Gasteiger partial charge in [0, 0.05) is 22.8 Å². The summed E-state index contributed by atoms with van der Waals surface area (Å²) in [6, 6.07) is 2.32. The lowest BCUT2D eigenvalue weighted by Gasteiger charge is -2.50. The fraction of sp³-hybridized carbons (Fsp3) is 0.400. The highest BCUT2D eigenvalue weighted by Crippen LogP contribution is 2.75. The molecule has 0 aliphatic heterocycles. The van der Waals surface area contributed by atoms with Gasteiger partial charge in [0.1, 0.15) is 0 Å². The molecule has 1 nitrogen and oxygen atoms in total. The number of nitriles is 1. The molecule has 0 amide bonds. The topological polar surface area (TPSA) is 23.8 Å². The summed E-state index contributed by atoms with van der Waals surface area (Å²) in [6.45, 7) is 9.51. The SMILES string of the molecule is CC1(C)C=CC2=CC3C4C=CC=C/C(=C\C#N)C4C4(C=CC1=C24)C3(C)C. The van der Waals surface area contributed by atoms with Crippen molar-refractivity contribution in [2.45, 2.75) is 27.7 Å². The number of rotatable bonds is 0. The van der Waals surface area contributed by atoms with Gasteiger partial charge < -0.3 is 0 Å². The first-order chi connectivity index (χ1) is 12.3. The van der Waals surface area contributed by atoms with E-state index >= 15 is 0 Å². The number of fused-ring (bicyclic) bond motifs is 3. The fourth-order valence-corrected chi connectivity index (χ4v) is 6.51. The van der Waals surface area contributed by atoms with Crippen molar-refractivity contribution in [2.24, 2.45) is 34.0 Å². The molecule has 1 fully saturated rings. The lowest BCUT2D eigenvalue weighted by molar-refractivity contribution is 0.150. The van der Waals surface area contributed by atoms with Gasteiger partial charge >= 0.3 is 0 Å². The van der Waals surface area contributed by atoms with E-state index in [1.54, 1.807) is 6.08 Å². The Labute approximate surface area is 156 Å². The molecule has 1 saturated carbocycles. The van der Waals surface area contributed by atoms with Crippen LogP contribution in [0.2, 0.25) is 0 Å². The van der Waals surface area contributed by atoms with Gasteiger partial charge in [0.15, 0.2) is 0 Å². The van der Waals surface area contributed by atoms with Gasteiger partial charge in [-0.2, -0.15) is 5.26 Å². The first-order valence-electron chi connectivity index (χ1n) is 9.65. The van der Waals surface area contributed by atoms with Crippen LogP contribution in [0.3, 0.4) is 0 Å². The average Bonchev–Trinajstić information content (AvgIpc) is 2.92. The van der Waals surface area contributed by atoms with Crippen LogP contribution >= 0.6 is 0 Å². The molecule has 0 aromatic rings. The third kappa shape index (κ3) is 1.58. The van der Waals surface area contributed by atoms with Crippen LogP contribution in [0.4, 0.5) is 0 Å². The maximum absolute atomic E-state index is 9.45. The second-order valence-corrected chi connectivity index (χ2v) is 9.49. The minimum atomic E-state index is -0.0362. The Kier molecular flexibility index (Phi) is 2.86. The quantitative estimate of drug-likeness (QED) is 0.509. The van der Waals surface area contributed by atoms with E-state index in [0.29, 0.717) is 17.8 Å². The van der Waals surface area contributed by atoms with Crippen LogP contribution in [0.1, 0.15) is 27.7 Å². The fourth-order valence-electron chi connectivity index (χ4n) is 6.51. The summed E-state index contributed by atoms with van der Waals surface area (Å²) in [5.41, 5.74) is 5.71. The number of nitrogens with zero attached hydrogens (tertiary/aromatic N) is 1. The molecule has 0 radical (unpaired) electrons. The number of allylic oxidation sites excluding steroid dienone is 14. The third-order valence-corrected chi connectivity index (χ3v) is 7.73. The molecule has 2 bridgehead atoms. The van der Waals surface area contributed by atoms with Crippen LogP contribution in [0.25, 0.3) is 0 Å². The molecular weight excluding hydrogens is 314 g/mol. The third-order valence-electron chi connectivity index (χ3n) is 7.73. The van der Waals surface area contributed by atoms with Gasteiger partial charge in [-0.3, -0.25) is 0 Å². The molecule has 4 atom stereocenters. The number of hydrogen-bond acceptors (Lipinski definition) is 1. The zero-order valence-corrected chi connectivity index (χ0v) is 16.0. The van der Waals surface area contributed by atoms with Crippen molar-refractivity contribution in [3.63, 3.8) is 0 Å². The molecule has 5 rings (SSSR count). The molecule has 26 heavy (non-hydrogen) atoms. The van der Waals surface area contributed by atoms with Crippen LogP contribution in [-0.2, 0) is 0 Å².